The van der Waals surface area contributed by atoms with Gasteiger partial charge in [-0.2, -0.15) is 0 Å². The van der Waals surface area contributed by atoms with Crippen molar-refractivity contribution in [3.05, 3.63) is 11.9 Å². The summed E-state index contributed by atoms with van der Waals surface area (Å²) >= 11 is 0. The summed E-state index contributed by atoms with van der Waals surface area (Å²) in [7, 11) is 1.75. The summed E-state index contributed by atoms with van der Waals surface area (Å²) in [4.78, 5) is 4.67. The van der Waals surface area contributed by atoms with Gasteiger partial charge in [0.15, 0.2) is 0 Å². The van der Waals surface area contributed by atoms with Gasteiger partial charge in [0.05, 0.1) is 18.3 Å². The maximum absolute atomic E-state index is 5.28. The van der Waals surface area contributed by atoms with Crippen LogP contribution in [0.25, 0.3) is 0 Å². The maximum atomic E-state index is 5.28. The molecule has 0 spiro atoms. The Balaban J connectivity index is 2.11. The number of ether oxygens (including phenoxy) is 1. The molecule has 0 saturated heterocycles. The molecule has 1 saturated carbocycles. The molecule has 0 bridgehead atoms. The molecule has 0 amide bonds. The van der Waals surface area contributed by atoms with Gasteiger partial charge >= 0.3 is 0 Å². The molecule has 1 aliphatic carbocycles. The van der Waals surface area contributed by atoms with Crippen LogP contribution in [0.15, 0.2) is 6.20 Å². The van der Waals surface area contributed by atoms with E-state index in [-0.39, 0.29) is 0 Å². The van der Waals surface area contributed by atoms with Crippen LogP contribution >= 0.6 is 0 Å². The molecule has 0 aliphatic heterocycles. The van der Waals surface area contributed by atoms with Crippen LogP contribution in [0.4, 0.5) is 5.95 Å². The number of nitrogens with zero attached hydrogens (tertiary/aromatic N) is 2. The van der Waals surface area contributed by atoms with E-state index in [1.807, 2.05) is 0 Å². The average molecular weight is 279 g/mol. The molecule has 114 valence electrons. The first-order valence-electron chi connectivity index (χ1n) is 7.92. The van der Waals surface area contributed by atoms with Crippen molar-refractivity contribution in [1.82, 2.24) is 9.55 Å². The van der Waals surface area contributed by atoms with Gasteiger partial charge in [-0.25, -0.2) is 4.98 Å². The van der Waals surface area contributed by atoms with Gasteiger partial charge in [0.2, 0.25) is 5.95 Å². The molecule has 1 aliphatic rings. The van der Waals surface area contributed by atoms with E-state index in [9.17, 15) is 0 Å². The second kappa shape index (κ2) is 7.11. The third kappa shape index (κ3) is 3.75. The lowest BCUT2D eigenvalue weighted by Gasteiger charge is -2.25. The van der Waals surface area contributed by atoms with Crippen LogP contribution in [0.2, 0.25) is 0 Å². The van der Waals surface area contributed by atoms with Gasteiger partial charge in [-0.1, -0.05) is 26.2 Å². The summed E-state index contributed by atoms with van der Waals surface area (Å²) in [5, 5.41) is 3.70. The molecule has 3 unspecified atom stereocenters. The van der Waals surface area contributed by atoms with Gasteiger partial charge in [0.25, 0.3) is 0 Å². The van der Waals surface area contributed by atoms with E-state index < -0.39 is 0 Å². The third-order valence-corrected chi connectivity index (χ3v) is 4.41. The number of nitrogens with one attached hydrogen (secondary N) is 1. The highest BCUT2D eigenvalue weighted by Gasteiger charge is 2.22. The zero-order valence-corrected chi connectivity index (χ0v) is 13.4. The Morgan fingerprint density at radius 1 is 1.40 bits per heavy atom. The summed E-state index contributed by atoms with van der Waals surface area (Å²) in [5.74, 6) is 1.73. The Labute approximate surface area is 122 Å². The monoisotopic (exact) mass is 279 g/mol. The fourth-order valence-electron chi connectivity index (χ4n) is 3.15. The van der Waals surface area contributed by atoms with Crippen LogP contribution < -0.4 is 5.32 Å². The van der Waals surface area contributed by atoms with Crippen molar-refractivity contribution >= 4 is 5.95 Å². The lowest BCUT2D eigenvalue weighted by Crippen LogP contribution is -2.28. The van der Waals surface area contributed by atoms with Crippen molar-refractivity contribution < 1.29 is 4.74 Å². The fraction of sp³-hybridized carbons (Fsp3) is 0.812. The van der Waals surface area contributed by atoms with Crippen LogP contribution in [0.5, 0.6) is 0 Å². The summed E-state index contributed by atoms with van der Waals surface area (Å²) < 4.78 is 7.50. The fourth-order valence-corrected chi connectivity index (χ4v) is 3.15. The van der Waals surface area contributed by atoms with Crippen molar-refractivity contribution in [3.8, 4) is 0 Å². The lowest BCUT2D eigenvalue weighted by molar-refractivity contribution is 0.163. The smallest absolute Gasteiger partial charge is 0.203 e. The number of rotatable bonds is 5. The molecule has 1 aromatic rings. The van der Waals surface area contributed by atoms with E-state index in [1.165, 1.54) is 32.1 Å². The first-order chi connectivity index (χ1) is 9.61. The van der Waals surface area contributed by atoms with E-state index in [1.54, 1.807) is 7.11 Å². The minimum Gasteiger partial charge on any atom is -0.383 e. The molecule has 0 aromatic carbocycles. The van der Waals surface area contributed by atoms with Crippen molar-refractivity contribution in [3.63, 3.8) is 0 Å². The standard InChI is InChI=1S/C16H29N3O/c1-12-8-6-5-7-9-15(12)18-16-17-13(2)10-19(16)14(3)11-20-4/h10,12,14-15H,5-9,11H2,1-4H3,(H,17,18). The zero-order chi connectivity index (χ0) is 14.5. The predicted molar refractivity (Wildman–Crippen MR) is 83.2 cm³/mol. The van der Waals surface area contributed by atoms with Crippen LogP contribution in [0.3, 0.4) is 0 Å². The Hall–Kier alpha value is -1.03. The highest BCUT2D eigenvalue weighted by atomic mass is 16.5. The number of aryl methyl sites for hydroxylation is 1. The van der Waals surface area contributed by atoms with Crippen LogP contribution in [0.1, 0.15) is 57.7 Å². The third-order valence-electron chi connectivity index (χ3n) is 4.41. The Bertz CT molecular complexity index is 416. The normalized spacial score (nSPS) is 25.2. The summed E-state index contributed by atoms with van der Waals surface area (Å²) in [6, 6.07) is 0.859. The molecule has 20 heavy (non-hydrogen) atoms. The molecule has 1 heterocycles. The molecule has 4 nitrogen and oxygen atoms in total. The van der Waals surface area contributed by atoms with Gasteiger partial charge in [-0.15, -0.1) is 0 Å². The minimum absolute atomic E-state index is 0.310. The summed E-state index contributed by atoms with van der Waals surface area (Å²) in [6.45, 7) is 7.30. The Morgan fingerprint density at radius 3 is 2.90 bits per heavy atom. The van der Waals surface area contributed by atoms with Gasteiger partial charge < -0.3 is 14.6 Å². The van der Waals surface area contributed by atoms with Gasteiger partial charge in [0, 0.05) is 19.3 Å². The molecule has 4 heteroatoms. The lowest BCUT2D eigenvalue weighted by atomic mass is 9.97. The number of hydrogen-bond acceptors (Lipinski definition) is 3. The number of anilines is 1. The van der Waals surface area contributed by atoms with E-state index >= 15 is 0 Å². The summed E-state index contributed by atoms with van der Waals surface area (Å²) in [6.07, 6.45) is 8.77. The van der Waals surface area contributed by atoms with Crippen LogP contribution in [-0.4, -0.2) is 29.3 Å². The Morgan fingerprint density at radius 2 is 2.15 bits per heavy atom. The Kier molecular flexibility index (Phi) is 5.46. The SMILES string of the molecule is COCC(C)n1cc(C)nc1NC1CCCCCC1C. The van der Waals surface area contributed by atoms with Crippen molar-refractivity contribution in [2.75, 3.05) is 19.0 Å². The predicted octanol–water partition coefficient (Wildman–Crippen LogP) is 3.78. The minimum atomic E-state index is 0.310. The largest absolute Gasteiger partial charge is 0.383 e. The van der Waals surface area contributed by atoms with Gasteiger partial charge in [-0.3, -0.25) is 0 Å². The maximum Gasteiger partial charge on any atom is 0.203 e. The van der Waals surface area contributed by atoms with Crippen LogP contribution in [-0.2, 0) is 4.74 Å². The second-order valence-corrected chi connectivity index (χ2v) is 6.28. The van der Waals surface area contributed by atoms with E-state index in [0.717, 1.165) is 17.6 Å². The molecular weight excluding hydrogens is 250 g/mol. The first kappa shape index (κ1) is 15.4. The van der Waals surface area contributed by atoms with Crippen LogP contribution in [0, 0.1) is 12.8 Å². The molecular formula is C16H29N3O. The molecule has 1 aromatic heterocycles. The second-order valence-electron chi connectivity index (χ2n) is 6.28. The van der Waals surface area contributed by atoms with E-state index in [4.69, 9.17) is 4.74 Å². The highest BCUT2D eigenvalue weighted by molar-refractivity contribution is 5.31. The van der Waals surface area contributed by atoms with Crippen molar-refractivity contribution in [2.45, 2.75) is 65.0 Å². The molecule has 3 atom stereocenters. The van der Waals surface area contributed by atoms with Crippen molar-refractivity contribution in [2.24, 2.45) is 5.92 Å². The van der Waals surface area contributed by atoms with E-state index in [2.05, 4.69) is 41.8 Å². The molecule has 2 rings (SSSR count). The summed E-state index contributed by atoms with van der Waals surface area (Å²) in [5.41, 5.74) is 1.07. The highest BCUT2D eigenvalue weighted by Crippen LogP contribution is 2.26. The number of aromatic nitrogens is 2. The topological polar surface area (TPSA) is 39.1 Å². The van der Waals surface area contributed by atoms with Crippen molar-refractivity contribution in [1.29, 1.82) is 0 Å². The quantitative estimate of drug-likeness (QED) is 0.834. The molecule has 1 N–H and O–H groups in total. The molecule has 0 radical (unpaired) electrons. The average Bonchev–Trinajstić information content (AvgIpc) is 2.65. The molecule has 1 fully saturated rings. The first-order valence-corrected chi connectivity index (χ1v) is 7.92. The zero-order valence-electron chi connectivity index (χ0n) is 13.4. The number of hydrogen-bond donors (Lipinski definition) is 1. The van der Waals surface area contributed by atoms with E-state index in [0.29, 0.717) is 18.7 Å². The van der Waals surface area contributed by atoms with Gasteiger partial charge in [0.1, 0.15) is 0 Å². The number of imidazole rings is 1. The van der Waals surface area contributed by atoms with Gasteiger partial charge in [-0.05, 0) is 32.6 Å². The number of methoxy groups -OCH3 is 1.